The summed E-state index contributed by atoms with van der Waals surface area (Å²) in [7, 11) is 1.64. The summed E-state index contributed by atoms with van der Waals surface area (Å²) in [6.07, 6.45) is 0. The van der Waals surface area contributed by atoms with Gasteiger partial charge in [0.1, 0.15) is 11.6 Å². The fourth-order valence-corrected chi connectivity index (χ4v) is 3.60. The molecule has 142 valence electrons. The fraction of sp³-hybridized carbons (Fsp3) is 0.211. The first-order chi connectivity index (χ1) is 13.6. The number of methoxy groups -OCH3 is 1. The van der Waals surface area contributed by atoms with Crippen LogP contribution in [0.3, 0.4) is 0 Å². The molecule has 0 saturated heterocycles. The number of aryl methyl sites for hydroxylation is 1. The molecule has 0 aliphatic heterocycles. The van der Waals surface area contributed by atoms with Crippen molar-refractivity contribution in [2.24, 2.45) is 0 Å². The zero-order valence-corrected chi connectivity index (χ0v) is 16.2. The lowest BCUT2D eigenvalue weighted by Gasteiger charge is -2.07. The van der Waals surface area contributed by atoms with Gasteiger partial charge in [0, 0.05) is 0 Å². The zero-order valence-electron chi connectivity index (χ0n) is 15.4. The van der Waals surface area contributed by atoms with Crippen molar-refractivity contribution in [3.63, 3.8) is 0 Å². The van der Waals surface area contributed by atoms with Gasteiger partial charge in [0.05, 0.1) is 30.3 Å². The molecule has 0 aliphatic rings. The summed E-state index contributed by atoms with van der Waals surface area (Å²) in [5.41, 5.74) is 2.61. The van der Waals surface area contributed by atoms with E-state index in [0.29, 0.717) is 28.7 Å². The Kier molecular flexibility index (Phi) is 5.07. The van der Waals surface area contributed by atoms with Crippen LogP contribution in [0, 0.1) is 6.92 Å². The molecule has 0 bridgehead atoms. The highest BCUT2D eigenvalue weighted by atomic mass is 32.2. The molecule has 8 nitrogen and oxygen atoms in total. The highest BCUT2D eigenvalue weighted by Gasteiger charge is 2.11. The third kappa shape index (κ3) is 3.74. The van der Waals surface area contributed by atoms with Gasteiger partial charge in [-0.2, -0.15) is 0 Å². The van der Waals surface area contributed by atoms with E-state index in [-0.39, 0.29) is 5.56 Å². The van der Waals surface area contributed by atoms with Crippen molar-refractivity contribution < 1.29 is 4.74 Å². The predicted octanol–water partition coefficient (Wildman–Crippen LogP) is 2.57. The molecule has 2 heterocycles. The van der Waals surface area contributed by atoms with Crippen molar-refractivity contribution in [3.05, 3.63) is 69.8 Å². The molecule has 4 aromatic rings. The van der Waals surface area contributed by atoms with Crippen LogP contribution in [-0.2, 0) is 12.3 Å². The number of rotatable bonds is 6. The monoisotopic (exact) mass is 394 g/mol. The van der Waals surface area contributed by atoms with Crippen LogP contribution in [0.15, 0.2) is 52.4 Å². The number of nitrogens with zero attached hydrogens (tertiary/aromatic N) is 5. The Morgan fingerprint density at radius 3 is 2.79 bits per heavy atom. The van der Waals surface area contributed by atoms with Crippen LogP contribution in [0.2, 0.25) is 0 Å². The Labute approximate surface area is 165 Å². The number of hydrogen-bond acceptors (Lipinski definition) is 7. The van der Waals surface area contributed by atoms with Gasteiger partial charge in [0.25, 0.3) is 5.56 Å². The second kappa shape index (κ2) is 7.81. The van der Waals surface area contributed by atoms with E-state index in [0.717, 1.165) is 22.4 Å². The topological polar surface area (TPSA) is 98.6 Å². The fourth-order valence-electron chi connectivity index (χ4n) is 2.86. The Balaban J connectivity index is 1.51. The molecule has 0 aliphatic carbocycles. The largest absolute Gasteiger partial charge is 0.497 e. The first-order valence-corrected chi connectivity index (χ1v) is 9.63. The number of aromatic amines is 1. The SMILES string of the molecule is COc1ccc(Cn2nnnc2SCc2nc3c(C)cccc3c(=O)[nH]2)cc1. The maximum atomic E-state index is 12.3. The van der Waals surface area contributed by atoms with E-state index < -0.39 is 0 Å². The Morgan fingerprint density at radius 2 is 2.00 bits per heavy atom. The lowest BCUT2D eigenvalue weighted by Crippen LogP contribution is -2.12. The minimum absolute atomic E-state index is 0.137. The number of benzene rings is 2. The number of tetrazole rings is 1. The molecule has 0 radical (unpaired) electrons. The van der Waals surface area contributed by atoms with Gasteiger partial charge < -0.3 is 9.72 Å². The Hall–Kier alpha value is -3.20. The maximum absolute atomic E-state index is 12.3. The quantitative estimate of drug-likeness (QED) is 0.502. The molecule has 0 atom stereocenters. The normalized spacial score (nSPS) is 11.1. The van der Waals surface area contributed by atoms with Crippen molar-refractivity contribution in [1.29, 1.82) is 0 Å². The van der Waals surface area contributed by atoms with Gasteiger partial charge in [0.2, 0.25) is 5.16 Å². The van der Waals surface area contributed by atoms with Crippen molar-refractivity contribution in [1.82, 2.24) is 30.2 Å². The second-order valence-electron chi connectivity index (χ2n) is 6.24. The molecule has 0 unspecified atom stereocenters. The predicted molar refractivity (Wildman–Crippen MR) is 107 cm³/mol. The molecule has 28 heavy (non-hydrogen) atoms. The van der Waals surface area contributed by atoms with Gasteiger partial charge in [-0.15, -0.1) is 5.10 Å². The molecule has 0 fully saturated rings. The summed E-state index contributed by atoms with van der Waals surface area (Å²) in [5.74, 6) is 1.86. The van der Waals surface area contributed by atoms with Crippen molar-refractivity contribution >= 4 is 22.7 Å². The minimum Gasteiger partial charge on any atom is -0.497 e. The summed E-state index contributed by atoms with van der Waals surface area (Å²) < 4.78 is 6.90. The van der Waals surface area contributed by atoms with Crippen LogP contribution in [0.4, 0.5) is 0 Å². The number of nitrogens with one attached hydrogen (secondary N) is 1. The van der Waals surface area contributed by atoms with Crippen molar-refractivity contribution in [3.8, 4) is 5.75 Å². The average molecular weight is 394 g/mol. The number of H-pyrrole nitrogens is 1. The third-order valence-corrected chi connectivity index (χ3v) is 5.28. The molecular weight excluding hydrogens is 376 g/mol. The van der Waals surface area contributed by atoms with Gasteiger partial charge in [-0.3, -0.25) is 4.79 Å². The van der Waals surface area contributed by atoms with E-state index in [4.69, 9.17) is 4.74 Å². The standard InChI is InChI=1S/C19H18N6O2S/c1-12-4-3-5-15-17(12)20-16(21-18(15)26)11-28-19-22-23-24-25(19)10-13-6-8-14(27-2)9-7-13/h3-9H,10-11H2,1-2H3,(H,20,21,26). The minimum atomic E-state index is -0.137. The summed E-state index contributed by atoms with van der Waals surface area (Å²) >= 11 is 1.43. The van der Waals surface area contributed by atoms with Crippen molar-refractivity contribution in [2.75, 3.05) is 7.11 Å². The van der Waals surface area contributed by atoms with Crippen LogP contribution < -0.4 is 10.3 Å². The number of ether oxygens (including phenoxy) is 1. The molecule has 0 saturated carbocycles. The van der Waals surface area contributed by atoms with Gasteiger partial charge in [0.15, 0.2) is 0 Å². The van der Waals surface area contributed by atoms with Crippen LogP contribution in [0.5, 0.6) is 5.75 Å². The van der Waals surface area contributed by atoms with Crippen LogP contribution >= 0.6 is 11.8 Å². The third-order valence-electron chi connectivity index (χ3n) is 4.32. The number of fused-ring (bicyclic) bond motifs is 1. The molecule has 2 aromatic carbocycles. The van der Waals surface area contributed by atoms with Gasteiger partial charge in [-0.1, -0.05) is 36.0 Å². The van der Waals surface area contributed by atoms with E-state index in [1.54, 1.807) is 17.9 Å². The van der Waals surface area contributed by atoms with E-state index in [9.17, 15) is 4.79 Å². The lowest BCUT2D eigenvalue weighted by molar-refractivity contribution is 0.414. The molecule has 9 heteroatoms. The lowest BCUT2D eigenvalue weighted by atomic mass is 10.1. The number of thioether (sulfide) groups is 1. The summed E-state index contributed by atoms with van der Waals surface area (Å²) in [6, 6.07) is 13.3. The Bertz CT molecular complexity index is 1170. The zero-order chi connectivity index (χ0) is 19.5. The number of hydrogen-bond donors (Lipinski definition) is 1. The summed E-state index contributed by atoms with van der Waals surface area (Å²) in [4.78, 5) is 19.8. The maximum Gasteiger partial charge on any atom is 0.258 e. The van der Waals surface area contributed by atoms with Gasteiger partial charge in [-0.05, 0) is 46.7 Å². The summed E-state index contributed by atoms with van der Waals surface area (Å²) in [6.45, 7) is 2.49. The second-order valence-corrected chi connectivity index (χ2v) is 7.18. The van der Waals surface area contributed by atoms with E-state index in [1.165, 1.54) is 11.8 Å². The molecule has 1 N–H and O–H groups in total. The van der Waals surface area contributed by atoms with Gasteiger partial charge >= 0.3 is 0 Å². The molecule has 0 amide bonds. The first-order valence-electron chi connectivity index (χ1n) is 8.64. The number of aromatic nitrogens is 6. The Morgan fingerprint density at radius 1 is 1.18 bits per heavy atom. The number of para-hydroxylation sites is 1. The van der Waals surface area contributed by atoms with E-state index in [1.807, 2.05) is 43.3 Å². The van der Waals surface area contributed by atoms with E-state index >= 15 is 0 Å². The highest BCUT2D eigenvalue weighted by Crippen LogP contribution is 2.21. The van der Waals surface area contributed by atoms with Crippen LogP contribution in [-0.4, -0.2) is 37.3 Å². The molecular formula is C19H18N6O2S. The average Bonchev–Trinajstić information content (AvgIpc) is 3.15. The van der Waals surface area contributed by atoms with Crippen LogP contribution in [0.1, 0.15) is 17.0 Å². The first kappa shape index (κ1) is 18.2. The molecule has 4 rings (SSSR count). The highest BCUT2D eigenvalue weighted by molar-refractivity contribution is 7.98. The van der Waals surface area contributed by atoms with Crippen molar-refractivity contribution in [2.45, 2.75) is 24.4 Å². The van der Waals surface area contributed by atoms with Gasteiger partial charge in [-0.25, -0.2) is 9.67 Å². The van der Waals surface area contributed by atoms with Crippen LogP contribution in [0.25, 0.3) is 10.9 Å². The molecule has 2 aromatic heterocycles. The van der Waals surface area contributed by atoms with E-state index in [2.05, 4.69) is 25.5 Å². The summed E-state index contributed by atoms with van der Waals surface area (Å²) in [5, 5.41) is 13.2. The smallest absolute Gasteiger partial charge is 0.258 e. The molecule has 0 spiro atoms.